The monoisotopic (exact) mass is 485 g/mol. The molecule has 0 aliphatic carbocycles. The maximum absolute atomic E-state index is 4.86. The molecule has 7 rings (SSSR count). The van der Waals surface area contributed by atoms with Crippen molar-refractivity contribution in [3.8, 4) is 33.9 Å². The lowest BCUT2D eigenvalue weighted by Crippen LogP contribution is -2.44. The molecule has 1 saturated heterocycles. The molecule has 182 valence electrons. The number of hydrogen-bond acceptors (Lipinski definition) is 5. The van der Waals surface area contributed by atoms with E-state index in [0.29, 0.717) is 0 Å². The van der Waals surface area contributed by atoms with Crippen LogP contribution in [0.4, 0.5) is 5.69 Å². The molecule has 4 heterocycles. The minimum absolute atomic E-state index is 0.849. The summed E-state index contributed by atoms with van der Waals surface area (Å²) in [6.45, 7) is 4.34. The van der Waals surface area contributed by atoms with Crippen molar-refractivity contribution in [1.82, 2.24) is 29.8 Å². The van der Waals surface area contributed by atoms with Gasteiger partial charge in [-0.3, -0.25) is 4.98 Å². The van der Waals surface area contributed by atoms with E-state index in [1.807, 2.05) is 12.1 Å². The van der Waals surface area contributed by atoms with Crippen LogP contribution in [0.25, 0.3) is 56.0 Å². The number of rotatable bonds is 4. The number of benzene rings is 3. The second-order valence-electron chi connectivity index (χ2n) is 9.71. The summed E-state index contributed by atoms with van der Waals surface area (Å²) in [7, 11) is 2.18. The van der Waals surface area contributed by atoms with Crippen molar-refractivity contribution in [2.75, 3.05) is 38.1 Å². The smallest absolute Gasteiger partial charge is 0.138 e. The van der Waals surface area contributed by atoms with E-state index in [0.717, 1.165) is 82.1 Å². The Morgan fingerprint density at radius 2 is 1.11 bits per heavy atom. The topological polar surface area (TPSA) is 76.7 Å². The fraction of sp³-hybridized carbons (Fsp3) is 0.167. The molecular formula is C30H27N7. The van der Waals surface area contributed by atoms with Crippen LogP contribution in [0.5, 0.6) is 0 Å². The molecule has 0 radical (unpaired) electrons. The van der Waals surface area contributed by atoms with Crippen molar-refractivity contribution in [2.45, 2.75) is 0 Å². The lowest BCUT2D eigenvalue weighted by Gasteiger charge is -2.34. The molecule has 0 spiro atoms. The van der Waals surface area contributed by atoms with Crippen molar-refractivity contribution in [3.63, 3.8) is 0 Å². The number of likely N-dealkylation sites (N-methyl/N-ethyl adjacent to an activating group) is 1. The van der Waals surface area contributed by atoms with Gasteiger partial charge in [0, 0.05) is 55.4 Å². The number of fused-ring (bicyclic) bond motifs is 2. The zero-order chi connectivity index (χ0) is 24.8. The fourth-order valence-corrected chi connectivity index (χ4v) is 5.06. The molecule has 7 nitrogen and oxygen atoms in total. The molecule has 1 aliphatic heterocycles. The largest absolute Gasteiger partial charge is 0.369 e. The van der Waals surface area contributed by atoms with E-state index in [1.165, 1.54) is 5.69 Å². The third kappa shape index (κ3) is 4.13. The van der Waals surface area contributed by atoms with Crippen molar-refractivity contribution in [1.29, 1.82) is 0 Å². The molecule has 0 bridgehead atoms. The first-order valence-electron chi connectivity index (χ1n) is 12.6. The average Bonchev–Trinajstić information content (AvgIpc) is 3.58. The number of aromatic nitrogens is 5. The van der Waals surface area contributed by atoms with Gasteiger partial charge in [0.25, 0.3) is 0 Å². The molecule has 1 fully saturated rings. The van der Waals surface area contributed by atoms with E-state index in [2.05, 4.69) is 92.5 Å². The predicted octanol–water partition coefficient (Wildman–Crippen LogP) is 5.59. The summed E-state index contributed by atoms with van der Waals surface area (Å²) in [6, 6.07) is 25.4. The Balaban J connectivity index is 1.16. The van der Waals surface area contributed by atoms with E-state index >= 15 is 0 Å². The SMILES string of the molecule is CN1CCN(c2ccc(-c3nc4ccc(-c5ccc6nc(-c7ccncc7)[nH]c6c5)cc4[nH]3)cc2)CC1. The number of pyridine rings is 1. The quantitative estimate of drug-likeness (QED) is 0.341. The molecule has 0 saturated carbocycles. The molecule has 37 heavy (non-hydrogen) atoms. The van der Waals surface area contributed by atoms with Crippen LogP contribution >= 0.6 is 0 Å². The number of nitrogens with one attached hydrogen (secondary N) is 2. The van der Waals surface area contributed by atoms with Gasteiger partial charge in [-0.1, -0.05) is 12.1 Å². The van der Waals surface area contributed by atoms with Crippen molar-refractivity contribution >= 4 is 27.8 Å². The summed E-state index contributed by atoms with van der Waals surface area (Å²) < 4.78 is 0. The minimum Gasteiger partial charge on any atom is -0.369 e. The Bertz CT molecular complexity index is 1690. The third-order valence-electron chi connectivity index (χ3n) is 7.26. The number of aromatic amines is 2. The van der Waals surface area contributed by atoms with Gasteiger partial charge < -0.3 is 19.8 Å². The summed E-state index contributed by atoms with van der Waals surface area (Å²) in [4.78, 5) is 25.5. The lowest BCUT2D eigenvalue weighted by atomic mass is 10.0. The van der Waals surface area contributed by atoms with Crippen molar-refractivity contribution in [3.05, 3.63) is 85.2 Å². The molecule has 7 heteroatoms. The number of imidazole rings is 2. The molecule has 0 unspecified atom stereocenters. The summed E-state index contributed by atoms with van der Waals surface area (Å²) in [5.74, 6) is 1.74. The Hall–Kier alpha value is -4.49. The molecule has 6 aromatic rings. The first kappa shape index (κ1) is 21.8. The molecule has 3 aromatic carbocycles. The third-order valence-corrected chi connectivity index (χ3v) is 7.26. The van der Waals surface area contributed by atoms with E-state index < -0.39 is 0 Å². The maximum Gasteiger partial charge on any atom is 0.138 e. The Morgan fingerprint density at radius 3 is 1.68 bits per heavy atom. The van der Waals surface area contributed by atoms with Gasteiger partial charge in [-0.25, -0.2) is 9.97 Å². The standard InChI is InChI=1S/C30H27N7/c1-36-14-16-37(17-15-36)24-6-2-20(3-7-24)29-32-25-8-4-22(18-27(25)34-29)23-5-9-26-28(19-23)35-30(33-26)21-10-12-31-13-11-21/h2-13,18-19H,14-17H2,1H3,(H,32,34)(H,33,35). The van der Waals surface area contributed by atoms with Gasteiger partial charge >= 0.3 is 0 Å². The number of hydrogen-bond donors (Lipinski definition) is 2. The van der Waals surface area contributed by atoms with Gasteiger partial charge in [-0.15, -0.1) is 0 Å². The van der Waals surface area contributed by atoms with Crippen LogP contribution < -0.4 is 4.90 Å². The fourth-order valence-electron chi connectivity index (χ4n) is 5.06. The predicted molar refractivity (Wildman–Crippen MR) is 150 cm³/mol. The molecule has 3 aromatic heterocycles. The van der Waals surface area contributed by atoms with Crippen LogP contribution in [0.1, 0.15) is 0 Å². The van der Waals surface area contributed by atoms with Crippen LogP contribution in [0.3, 0.4) is 0 Å². The second-order valence-corrected chi connectivity index (χ2v) is 9.71. The van der Waals surface area contributed by atoms with Gasteiger partial charge in [-0.2, -0.15) is 0 Å². The molecular weight excluding hydrogens is 458 g/mol. The highest BCUT2D eigenvalue weighted by Crippen LogP contribution is 2.30. The van der Waals surface area contributed by atoms with Crippen LogP contribution in [-0.2, 0) is 0 Å². The molecule has 0 amide bonds. The van der Waals surface area contributed by atoms with Crippen LogP contribution in [0.15, 0.2) is 85.2 Å². The highest BCUT2D eigenvalue weighted by Gasteiger charge is 2.15. The number of anilines is 1. The van der Waals surface area contributed by atoms with Gasteiger partial charge in [0.2, 0.25) is 0 Å². The second kappa shape index (κ2) is 8.87. The maximum atomic E-state index is 4.86. The summed E-state index contributed by atoms with van der Waals surface area (Å²) in [5.41, 5.74) is 9.60. The van der Waals surface area contributed by atoms with E-state index in [-0.39, 0.29) is 0 Å². The van der Waals surface area contributed by atoms with Crippen LogP contribution in [-0.4, -0.2) is 63.0 Å². The molecule has 2 N–H and O–H groups in total. The van der Waals surface area contributed by atoms with Crippen molar-refractivity contribution in [2.24, 2.45) is 0 Å². The first-order chi connectivity index (χ1) is 18.2. The highest BCUT2D eigenvalue weighted by molar-refractivity contribution is 5.88. The van der Waals surface area contributed by atoms with E-state index in [9.17, 15) is 0 Å². The summed E-state index contributed by atoms with van der Waals surface area (Å²) in [6.07, 6.45) is 3.56. The summed E-state index contributed by atoms with van der Waals surface area (Å²) in [5, 5.41) is 0. The van der Waals surface area contributed by atoms with Gasteiger partial charge in [-0.05, 0) is 78.8 Å². The van der Waals surface area contributed by atoms with Crippen molar-refractivity contribution < 1.29 is 0 Å². The normalized spacial score (nSPS) is 14.6. The number of H-pyrrole nitrogens is 2. The number of nitrogens with zero attached hydrogens (tertiary/aromatic N) is 5. The first-order valence-corrected chi connectivity index (χ1v) is 12.6. The van der Waals surface area contributed by atoms with Crippen LogP contribution in [0.2, 0.25) is 0 Å². The highest BCUT2D eigenvalue weighted by atomic mass is 15.2. The Kier molecular flexibility index (Phi) is 5.22. The van der Waals surface area contributed by atoms with Crippen LogP contribution in [0, 0.1) is 0 Å². The summed E-state index contributed by atoms with van der Waals surface area (Å²) >= 11 is 0. The minimum atomic E-state index is 0.849. The van der Waals surface area contributed by atoms with Gasteiger partial charge in [0.15, 0.2) is 0 Å². The zero-order valence-electron chi connectivity index (χ0n) is 20.6. The Morgan fingerprint density at radius 1 is 0.595 bits per heavy atom. The number of piperazine rings is 1. The zero-order valence-corrected chi connectivity index (χ0v) is 20.6. The van der Waals surface area contributed by atoms with Gasteiger partial charge in [0.05, 0.1) is 22.1 Å². The van der Waals surface area contributed by atoms with E-state index in [1.54, 1.807) is 12.4 Å². The lowest BCUT2D eigenvalue weighted by molar-refractivity contribution is 0.313. The molecule has 1 aliphatic rings. The molecule has 0 atom stereocenters. The average molecular weight is 486 g/mol. The van der Waals surface area contributed by atoms with Gasteiger partial charge in [0.1, 0.15) is 11.6 Å². The van der Waals surface area contributed by atoms with E-state index in [4.69, 9.17) is 9.97 Å². The Labute approximate surface area is 214 Å².